The molecule has 2 heterocycles. The summed E-state index contributed by atoms with van der Waals surface area (Å²) in [6, 6.07) is 9.38. The molecular formula is C18H22N4O4S2. The molecule has 0 saturated carbocycles. The molecule has 0 radical (unpaired) electrons. The van der Waals surface area contributed by atoms with E-state index in [-0.39, 0.29) is 22.8 Å². The van der Waals surface area contributed by atoms with Crippen LogP contribution in [0.2, 0.25) is 0 Å². The zero-order chi connectivity index (χ0) is 20.1. The average molecular weight is 423 g/mol. The van der Waals surface area contributed by atoms with Crippen LogP contribution in [-0.4, -0.2) is 38.3 Å². The van der Waals surface area contributed by atoms with Gasteiger partial charge in [-0.05, 0) is 48.6 Å². The molecule has 1 aliphatic rings. The predicted molar refractivity (Wildman–Crippen MR) is 107 cm³/mol. The molecule has 8 nitrogen and oxygen atoms in total. The highest BCUT2D eigenvalue weighted by Gasteiger charge is 2.28. The maximum atomic E-state index is 12.6. The first-order valence-corrected chi connectivity index (χ1v) is 11.2. The number of amides is 3. The summed E-state index contributed by atoms with van der Waals surface area (Å²) in [6.45, 7) is 1.43. The van der Waals surface area contributed by atoms with E-state index in [1.807, 2.05) is 17.5 Å². The normalized spacial score (nSPS) is 17.2. The van der Waals surface area contributed by atoms with Gasteiger partial charge in [-0.3, -0.25) is 4.79 Å². The summed E-state index contributed by atoms with van der Waals surface area (Å²) in [4.78, 5) is 27.6. The molecule has 0 aliphatic carbocycles. The molecule has 3 rings (SSSR count). The third-order valence-electron chi connectivity index (χ3n) is 4.52. The third-order valence-corrected chi connectivity index (χ3v) is 6.33. The van der Waals surface area contributed by atoms with Gasteiger partial charge in [-0.25, -0.2) is 18.4 Å². The number of hydrogen-bond donors (Lipinski definition) is 3. The van der Waals surface area contributed by atoms with Gasteiger partial charge in [0.15, 0.2) is 0 Å². The molecule has 28 heavy (non-hydrogen) atoms. The van der Waals surface area contributed by atoms with Gasteiger partial charge in [0.2, 0.25) is 15.9 Å². The first kappa shape index (κ1) is 20.3. The number of benzene rings is 1. The molecule has 1 aromatic heterocycles. The Morgan fingerprint density at radius 3 is 2.61 bits per heavy atom. The second-order valence-electron chi connectivity index (χ2n) is 6.58. The van der Waals surface area contributed by atoms with Gasteiger partial charge in [0.25, 0.3) is 0 Å². The minimum absolute atomic E-state index is 0.0169. The van der Waals surface area contributed by atoms with E-state index in [4.69, 9.17) is 5.14 Å². The van der Waals surface area contributed by atoms with Gasteiger partial charge >= 0.3 is 6.03 Å². The number of sulfonamides is 1. The highest BCUT2D eigenvalue weighted by molar-refractivity contribution is 7.89. The van der Waals surface area contributed by atoms with Crippen molar-refractivity contribution in [1.29, 1.82) is 0 Å². The lowest BCUT2D eigenvalue weighted by molar-refractivity contribution is -0.121. The molecule has 1 unspecified atom stereocenters. The molecule has 150 valence electrons. The van der Waals surface area contributed by atoms with Crippen molar-refractivity contribution < 1.29 is 18.0 Å². The quantitative estimate of drug-likeness (QED) is 0.682. The number of urea groups is 1. The maximum Gasteiger partial charge on any atom is 0.317 e. The van der Waals surface area contributed by atoms with E-state index < -0.39 is 10.0 Å². The minimum atomic E-state index is -3.77. The van der Waals surface area contributed by atoms with Gasteiger partial charge in [0, 0.05) is 23.7 Å². The fourth-order valence-corrected chi connectivity index (χ4v) is 4.20. The highest BCUT2D eigenvalue weighted by atomic mass is 32.2. The monoisotopic (exact) mass is 422 g/mol. The molecular weight excluding hydrogens is 400 g/mol. The number of nitrogens with one attached hydrogen (secondary N) is 2. The summed E-state index contributed by atoms with van der Waals surface area (Å²) in [6.07, 6.45) is 1.44. The fraction of sp³-hybridized carbons (Fsp3) is 0.333. The SMILES string of the molecule is NS(=O)(=O)c1ccc(NC(=O)C2CCCN(C(=O)NCc3cccs3)C2)cc1. The van der Waals surface area contributed by atoms with Crippen molar-refractivity contribution in [3.05, 3.63) is 46.7 Å². The Hall–Kier alpha value is -2.43. The Balaban J connectivity index is 1.54. The number of hydrogen-bond acceptors (Lipinski definition) is 5. The molecule has 1 fully saturated rings. The molecule has 1 saturated heterocycles. The molecule has 2 aromatic rings. The lowest BCUT2D eigenvalue weighted by Crippen LogP contribution is -2.47. The summed E-state index contributed by atoms with van der Waals surface area (Å²) in [5.41, 5.74) is 0.483. The van der Waals surface area contributed by atoms with Crippen LogP contribution in [0.25, 0.3) is 0 Å². The van der Waals surface area contributed by atoms with Crippen LogP contribution in [-0.2, 0) is 21.4 Å². The Labute approximate surface area is 167 Å². The van der Waals surface area contributed by atoms with Crippen LogP contribution in [0, 0.1) is 5.92 Å². The van der Waals surface area contributed by atoms with Crippen molar-refractivity contribution in [1.82, 2.24) is 10.2 Å². The van der Waals surface area contributed by atoms with Gasteiger partial charge in [0.1, 0.15) is 0 Å². The average Bonchev–Trinajstić information content (AvgIpc) is 3.19. The Kier molecular flexibility index (Phi) is 6.32. The van der Waals surface area contributed by atoms with Crippen LogP contribution in [0.5, 0.6) is 0 Å². The molecule has 1 atom stereocenters. The lowest BCUT2D eigenvalue weighted by atomic mass is 9.97. The number of nitrogens with two attached hydrogens (primary N) is 1. The number of primary sulfonamides is 1. The van der Waals surface area contributed by atoms with Crippen molar-refractivity contribution in [3.8, 4) is 0 Å². The van der Waals surface area contributed by atoms with Gasteiger partial charge in [-0.2, -0.15) is 0 Å². The summed E-state index contributed by atoms with van der Waals surface area (Å²) < 4.78 is 22.6. The Morgan fingerprint density at radius 1 is 1.21 bits per heavy atom. The minimum Gasteiger partial charge on any atom is -0.333 e. The molecule has 4 N–H and O–H groups in total. The molecule has 0 bridgehead atoms. The van der Waals surface area contributed by atoms with E-state index in [9.17, 15) is 18.0 Å². The van der Waals surface area contributed by atoms with Crippen molar-refractivity contribution in [3.63, 3.8) is 0 Å². The molecule has 3 amide bonds. The fourth-order valence-electron chi connectivity index (χ4n) is 3.04. The third kappa shape index (κ3) is 5.31. The number of piperidine rings is 1. The van der Waals surface area contributed by atoms with Gasteiger partial charge < -0.3 is 15.5 Å². The number of anilines is 1. The number of nitrogens with zero attached hydrogens (tertiary/aromatic N) is 1. The first-order valence-electron chi connectivity index (χ1n) is 8.82. The standard InChI is InChI=1S/C18H22N4O4S2/c19-28(25,26)16-7-5-14(6-8-16)21-17(23)13-3-1-9-22(12-13)18(24)20-11-15-4-2-10-27-15/h2,4-8,10,13H,1,3,9,11-12H2,(H,20,24)(H,21,23)(H2,19,25,26). The molecule has 1 aromatic carbocycles. The highest BCUT2D eigenvalue weighted by Crippen LogP contribution is 2.20. The van der Waals surface area contributed by atoms with Crippen LogP contribution >= 0.6 is 11.3 Å². The van der Waals surface area contributed by atoms with Crippen molar-refractivity contribution >= 4 is 39.0 Å². The van der Waals surface area contributed by atoms with Crippen LogP contribution < -0.4 is 15.8 Å². The van der Waals surface area contributed by atoms with Crippen LogP contribution in [0.1, 0.15) is 17.7 Å². The summed E-state index contributed by atoms with van der Waals surface area (Å²) in [5.74, 6) is -0.515. The second-order valence-corrected chi connectivity index (χ2v) is 9.18. The molecule has 10 heteroatoms. The van der Waals surface area contributed by atoms with Crippen molar-refractivity contribution in [2.75, 3.05) is 18.4 Å². The van der Waals surface area contributed by atoms with Crippen molar-refractivity contribution in [2.45, 2.75) is 24.3 Å². The largest absolute Gasteiger partial charge is 0.333 e. The number of carbonyl (C=O) groups is 2. The van der Waals surface area contributed by atoms with Crippen molar-refractivity contribution in [2.24, 2.45) is 11.1 Å². The van der Waals surface area contributed by atoms with Gasteiger partial charge in [-0.1, -0.05) is 6.07 Å². The van der Waals surface area contributed by atoms with E-state index >= 15 is 0 Å². The first-order chi connectivity index (χ1) is 13.3. The van der Waals surface area contributed by atoms with E-state index in [1.54, 1.807) is 16.2 Å². The summed E-state index contributed by atoms with van der Waals surface area (Å²) >= 11 is 1.58. The van der Waals surface area contributed by atoms with Crippen LogP contribution in [0.3, 0.4) is 0 Å². The van der Waals surface area contributed by atoms with E-state index in [2.05, 4.69) is 10.6 Å². The van der Waals surface area contributed by atoms with Crippen LogP contribution in [0.4, 0.5) is 10.5 Å². The van der Waals surface area contributed by atoms with Crippen LogP contribution in [0.15, 0.2) is 46.7 Å². The second kappa shape index (κ2) is 8.72. The summed E-state index contributed by atoms with van der Waals surface area (Å²) in [7, 11) is -3.77. The number of thiophene rings is 1. The Morgan fingerprint density at radius 2 is 1.96 bits per heavy atom. The maximum absolute atomic E-state index is 12.6. The topological polar surface area (TPSA) is 122 Å². The zero-order valence-corrected chi connectivity index (χ0v) is 16.8. The van der Waals surface area contributed by atoms with E-state index in [1.165, 1.54) is 24.3 Å². The summed E-state index contributed by atoms with van der Waals surface area (Å²) in [5, 5.41) is 12.7. The van der Waals surface area contributed by atoms with E-state index in [0.717, 1.165) is 11.3 Å². The van der Waals surface area contributed by atoms with Gasteiger partial charge in [0.05, 0.1) is 17.4 Å². The number of carbonyl (C=O) groups excluding carboxylic acids is 2. The predicted octanol–water partition coefficient (Wildman–Crippen LogP) is 1.96. The van der Waals surface area contributed by atoms with E-state index in [0.29, 0.717) is 31.7 Å². The number of likely N-dealkylation sites (tertiary alicyclic amines) is 1. The van der Waals surface area contributed by atoms with Gasteiger partial charge in [-0.15, -0.1) is 11.3 Å². The zero-order valence-electron chi connectivity index (χ0n) is 15.1. The molecule has 1 aliphatic heterocycles. The Bertz CT molecular complexity index is 927. The lowest BCUT2D eigenvalue weighted by Gasteiger charge is -2.32. The molecule has 0 spiro atoms. The smallest absolute Gasteiger partial charge is 0.317 e. The number of rotatable bonds is 5.